The Bertz CT molecular complexity index is 140. The Labute approximate surface area is 77.9 Å². The summed E-state index contributed by atoms with van der Waals surface area (Å²) in [6.45, 7) is 11.8. The Morgan fingerprint density at radius 3 is 2.92 bits per heavy atom. The molecule has 0 aliphatic carbocycles. The van der Waals surface area contributed by atoms with E-state index in [0.29, 0.717) is 5.41 Å². The Hall–Kier alpha value is 0.350. The Morgan fingerprint density at radius 2 is 2.33 bits per heavy atom. The van der Waals surface area contributed by atoms with Gasteiger partial charge < -0.3 is 5.32 Å². The van der Waals surface area contributed by atoms with Crippen LogP contribution in [0, 0.1) is 5.41 Å². The van der Waals surface area contributed by atoms with Gasteiger partial charge >= 0.3 is 0 Å². The molecule has 2 atom stereocenters. The zero-order valence-corrected chi connectivity index (χ0v) is 9.48. The summed E-state index contributed by atoms with van der Waals surface area (Å²) in [5, 5.41) is 3.52. The highest BCUT2D eigenvalue weighted by molar-refractivity contribution is 7.34. The number of nitrogens with one attached hydrogen (secondary N) is 1. The molecule has 0 saturated carbocycles. The van der Waals surface area contributed by atoms with Crippen molar-refractivity contribution in [2.24, 2.45) is 5.41 Å². The number of nitrogens with zero attached hydrogens (tertiary/aromatic N) is 1. The molecule has 1 aliphatic heterocycles. The van der Waals surface area contributed by atoms with Gasteiger partial charge in [0.2, 0.25) is 0 Å². The molecule has 0 bridgehead atoms. The third kappa shape index (κ3) is 2.69. The van der Waals surface area contributed by atoms with Crippen LogP contribution in [-0.4, -0.2) is 37.5 Å². The molecule has 0 radical (unpaired) electrons. The fourth-order valence-corrected chi connectivity index (χ4v) is 2.50. The Kier molecular flexibility index (Phi) is 3.95. The lowest BCUT2D eigenvalue weighted by molar-refractivity contribution is 0.262. The number of hydrogen-bond acceptors (Lipinski definition) is 2. The van der Waals surface area contributed by atoms with Crippen LogP contribution in [0.3, 0.4) is 0 Å². The minimum Gasteiger partial charge on any atom is -0.315 e. The molecular weight excluding hydrogens is 167 g/mol. The van der Waals surface area contributed by atoms with Gasteiger partial charge in [-0.25, -0.2) is 0 Å². The summed E-state index contributed by atoms with van der Waals surface area (Å²) in [6, 6.07) is 0. The van der Waals surface area contributed by atoms with Gasteiger partial charge in [0.25, 0.3) is 0 Å². The second-order valence-corrected chi connectivity index (χ2v) is 5.07. The highest BCUT2D eigenvalue weighted by atomic mass is 31.1. The van der Waals surface area contributed by atoms with E-state index < -0.39 is 0 Å². The molecule has 1 rings (SSSR count). The SMILES string of the molecule is CCC1(C)CNCCN(PC)C1. The molecule has 0 aromatic carbocycles. The molecule has 2 unspecified atom stereocenters. The Morgan fingerprint density at radius 1 is 1.58 bits per heavy atom. The maximum absolute atomic E-state index is 3.52. The van der Waals surface area contributed by atoms with Gasteiger partial charge in [0.05, 0.1) is 0 Å². The molecule has 72 valence electrons. The topological polar surface area (TPSA) is 15.3 Å². The largest absolute Gasteiger partial charge is 0.315 e. The lowest BCUT2D eigenvalue weighted by atomic mass is 9.88. The summed E-state index contributed by atoms with van der Waals surface area (Å²) >= 11 is 0. The lowest BCUT2D eigenvalue weighted by Crippen LogP contribution is -2.34. The summed E-state index contributed by atoms with van der Waals surface area (Å²) in [5.74, 6) is 0. The number of rotatable bonds is 2. The smallest absolute Gasteiger partial charge is 0.0144 e. The van der Waals surface area contributed by atoms with Gasteiger partial charge in [0, 0.05) is 26.2 Å². The Balaban J connectivity index is 2.52. The summed E-state index contributed by atoms with van der Waals surface area (Å²) in [4.78, 5) is 0. The summed E-state index contributed by atoms with van der Waals surface area (Å²) in [5.41, 5.74) is 0.500. The standard InChI is InChI=1S/C9H21N2P/c1-4-9(2)7-10-5-6-11(8-9)12-3/h10,12H,4-8H2,1-3H3. The van der Waals surface area contributed by atoms with Crippen LogP contribution in [-0.2, 0) is 0 Å². The predicted octanol–water partition coefficient (Wildman–Crippen LogP) is 1.53. The fourth-order valence-electron chi connectivity index (χ4n) is 1.63. The van der Waals surface area contributed by atoms with Crippen LogP contribution in [0.1, 0.15) is 20.3 Å². The average molecular weight is 188 g/mol. The highest BCUT2D eigenvalue weighted by Crippen LogP contribution is 2.27. The maximum Gasteiger partial charge on any atom is 0.0144 e. The molecule has 0 spiro atoms. The van der Waals surface area contributed by atoms with E-state index in [-0.39, 0.29) is 0 Å². The molecule has 1 N–H and O–H groups in total. The van der Waals surface area contributed by atoms with Crippen LogP contribution in [0.15, 0.2) is 0 Å². The van der Waals surface area contributed by atoms with Gasteiger partial charge in [-0.1, -0.05) is 22.6 Å². The van der Waals surface area contributed by atoms with Crippen LogP contribution in [0.5, 0.6) is 0 Å². The van der Waals surface area contributed by atoms with Crippen LogP contribution in [0.25, 0.3) is 0 Å². The van der Waals surface area contributed by atoms with Crippen molar-refractivity contribution < 1.29 is 0 Å². The highest BCUT2D eigenvalue weighted by Gasteiger charge is 2.26. The molecule has 1 fully saturated rings. The van der Waals surface area contributed by atoms with E-state index in [1.165, 1.54) is 26.1 Å². The molecule has 1 heterocycles. The van der Waals surface area contributed by atoms with Crippen molar-refractivity contribution in [1.29, 1.82) is 0 Å². The second-order valence-electron chi connectivity index (χ2n) is 3.99. The van der Waals surface area contributed by atoms with Crippen molar-refractivity contribution in [2.75, 3.05) is 32.8 Å². The van der Waals surface area contributed by atoms with Crippen LogP contribution < -0.4 is 5.32 Å². The number of hydrogen-bond donors (Lipinski definition) is 1. The van der Waals surface area contributed by atoms with Gasteiger partial charge in [-0.15, -0.1) is 0 Å². The maximum atomic E-state index is 3.52. The fraction of sp³-hybridized carbons (Fsp3) is 1.00. The molecule has 1 saturated heterocycles. The van der Waals surface area contributed by atoms with Gasteiger partial charge in [-0.3, -0.25) is 4.67 Å². The first kappa shape index (κ1) is 10.4. The van der Waals surface area contributed by atoms with Crippen molar-refractivity contribution in [3.8, 4) is 0 Å². The van der Waals surface area contributed by atoms with E-state index in [9.17, 15) is 0 Å². The third-order valence-corrected chi connectivity index (χ3v) is 3.87. The van der Waals surface area contributed by atoms with E-state index in [2.05, 4.69) is 30.5 Å². The van der Waals surface area contributed by atoms with E-state index >= 15 is 0 Å². The summed E-state index contributed by atoms with van der Waals surface area (Å²) in [7, 11) is 0.966. The molecular formula is C9H21N2P. The van der Waals surface area contributed by atoms with Crippen molar-refractivity contribution in [3.05, 3.63) is 0 Å². The monoisotopic (exact) mass is 188 g/mol. The third-order valence-electron chi connectivity index (χ3n) is 2.85. The zero-order chi connectivity index (χ0) is 9.03. The second kappa shape index (κ2) is 4.55. The summed E-state index contributed by atoms with van der Waals surface area (Å²) < 4.78 is 2.57. The van der Waals surface area contributed by atoms with Gasteiger partial charge in [0.15, 0.2) is 0 Å². The zero-order valence-electron chi connectivity index (χ0n) is 8.48. The van der Waals surface area contributed by atoms with E-state index in [4.69, 9.17) is 0 Å². The van der Waals surface area contributed by atoms with Gasteiger partial charge in [0.1, 0.15) is 0 Å². The first-order valence-electron chi connectivity index (χ1n) is 4.83. The molecule has 0 amide bonds. The first-order chi connectivity index (χ1) is 5.70. The van der Waals surface area contributed by atoms with Crippen LogP contribution in [0.2, 0.25) is 0 Å². The van der Waals surface area contributed by atoms with Crippen LogP contribution in [0.4, 0.5) is 0 Å². The molecule has 3 heteroatoms. The van der Waals surface area contributed by atoms with Gasteiger partial charge in [-0.2, -0.15) is 0 Å². The van der Waals surface area contributed by atoms with Gasteiger partial charge in [-0.05, 0) is 18.5 Å². The predicted molar refractivity (Wildman–Crippen MR) is 57.1 cm³/mol. The van der Waals surface area contributed by atoms with Crippen molar-refractivity contribution in [1.82, 2.24) is 9.99 Å². The average Bonchev–Trinajstić information content (AvgIpc) is 2.28. The molecule has 1 aliphatic rings. The molecule has 0 aromatic rings. The summed E-state index contributed by atoms with van der Waals surface area (Å²) in [6.07, 6.45) is 1.28. The minimum absolute atomic E-state index is 0.500. The molecule has 2 nitrogen and oxygen atoms in total. The van der Waals surface area contributed by atoms with Crippen molar-refractivity contribution in [3.63, 3.8) is 0 Å². The lowest BCUT2D eigenvalue weighted by Gasteiger charge is -2.30. The van der Waals surface area contributed by atoms with E-state index in [0.717, 1.165) is 15.3 Å². The van der Waals surface area contributed by atoms with Crippen LogP contribution >= 0.6 is 8.73 Å². The van der Waals surface area contributed by atoms with Crippen molar-refractivity contribution in [2.45, 2.75) is 20.3 Å². The normalized spacial score (nSPS) is 34.2. The van der Waals surface area contributed by atoms with E-state index in [1.54, 1.807) is 0 Å². The first-order valence-corrected chi connectivity index (χ1v) is 6.28. The van der Waals surface area contributed by atoms with E-state index in [1.807, 2.05) is 0 Å². The molecule has 0 aromatic heterocycles. The minimum atomic E-state index is 0.500. The van der Waals surface area contributed by atoms with Crippen molar-refractivity contribution >= 4 is 8.73 Å². The molecule has 12 heavy (non-hydrogen) atoms. The quantitative estimate of drug-likeness (QED) is 0.661.